The number of amides is 1. The van der Waals surface area contributed by atoms with E-state index in [1.165, 1.54) is 44.2 Å². The molecule has 5 nitrogen and oxygen atoms in total. The lowest BCUT2D eigenvalue weighted by molar-refractivity contribution is -0.135. The molecule has 1 aromatic rings. The van der Waals surface area contributed by atoms with Crippen molar-refractivity contribution < 1.29 is 14.7 Å². The molecule has 2 fully saturated rings. The Morgan fingerprint density at radius 3 is 2.27 bits per heavy atom. The topological polar surface area (TPSA) is 60.9 Å². The molecule has 1 amide bonds. The lowest BCUT2D eigenvalue weighted by atomic mass is 9.89. The molecule has 1 saturated heterocycles. The van der Waals surface area contributed by atoms with Gasteiger partial charge in [0.1, 0.15) is 5.75 Å². The fraction of sp³-hybridized carbons (Fsp3) is 0.619. The summed E-state index contributed by atoms with van der Waals surface area (Å²) in [6.07, 6.45) is 8.45. The van der Waals surface area contributed by atoms with Gasteiger partial charge in [-0.2, -0.15) is 0 Å². The number of nitrogens with zero attached hydrogens (tertiary/aromatic N) is 2. The molecule has 26 heavy (non-hydrogen) atoms. The smallest absolute Gasteiger partial charge is 0.225 e. The van der Waals surface area contributed by atoms with Crippen LogP contribution in [0.1, 0.15) is 55.3 Å². The van der Waals surface area contributed by atoms with Crippen molar-refractivity contribution in [3.8, 4) is 5.75 Å². The van der Waals surface area contributed by atoms with Crippen LogP contribution >= 0.6 is 0 Å². The predicted octanol–water partition coefficient (Wildman–Crippen LogP) is 3.08. The summed E-state index contributed by atoms with van der Waals surface area (Å²) in [5, 5.41) is 9.31. The molecule has 1 aromatic carbocycles. The van der Waals surface area contributed by atoms with E-state index in [2.05, 4.69) is 4.90 Å². The normalized spacial score (nSPS) is 20.0. The van der Waals surface area contributed by atoms with Crippen molar-refractivity contribution in [1.82, 2.24) is 9.80 Å². The Hall–Kier alpha value is -1.88. The lowest BCUT2D eigenvalue weighted by Gasteiger charge is -2.39. The molecule has 3 rings (SSSR count). The molecule has 1 heterocycles. The second-order valence-corrected chi connectivity index (χ2v) is 7.77. The van der Waals surface area contributed by atoms with E-state index in [1.807, 2.05) is 0 Å². The van der Waals surface area contributed by atoms with Gasteiger partial charge in [-0.3, -0.25) is 9.59 Å². The first-order valence-electron chi connectivity index (χ1n) is 9.86. The van der Waals surface area contributed by atoms with Crippen molar-refractivity contribution >= 4 is 11.7 Å². The zero-order chi connectivity index (χ0) is 18.5. The standard InChI is InChI=1S/C21H30N2O3/c1-22(15-20(25)16-7-9-19(24)10-8-16)21(26)17-11-13-23(14-12-17)18-5-3-2-4-6-18/h7-10,17-18,24H,2-6,11-15H2,1H3. The average Bonchev–Trinajstić information content (AvgIpc) is 2.68. The number of Topliss-reactive ketones (excluding diaryl/α,β-unsaturated/α-hetero) is 1. The number of phenols is 1. The van der Waals surface area contributed by atoms with Gasteiger partial charge in [0.25, 0.3) is 0 Å². The summed E-state index contributed by atoms with van der Waals surface area (Å²) in [4.78, 5) is 29.2. The van der Waals surface area contributed by atoms with Gasteiger partial charge in [0, 0.05) is 24.6 Å². The third kappa shape index (κ3) is 4.64. The van der Waals surface area contributed by atoms with Crippen molar-refractivity contribution in [2.24, 2.45) is 5.92 Å². The van der Waals surface area contributed by atoms with Crippen LogP contribution in [0.4, 0.5) is 0 Å². The number of likely N-dealkylation sites (tertiary alicyclic amines) is 1. The van der Waals surface area contributed by atoms with Crippen molar-refractivity contribution in [3.05, 3.63) is 29.8 Å². The molecule has 1 saturated carbocycles. The molecule has 0 radical (unpaired) electrons. The van der Waals surface area contributed by atoms with E-state index in [1.54, 1.807) is 24.1 Å². The second-order valence-electron chi connectivity index (χ2n) is 7.77. The molecule has 2 aliphatic rings. The Labute approximate surface area is 156 Å². The van der Waals surface area contributed by atoms with E-state index in [9.17, 15) is 14.7 Å². The third-order valence-corrected chi connectivity index (χ3v) is 5.92. The number of hydrogen-bond donors (Lipinski definition) is 1. The first-order chi connectivity index (χ1) is 12.5. The van der Waals surface area contributed by atoms with Crippen molar-refractivity contribution in [2.45, 2.75) is 51.0 Å². The average molecular weight is 358 g/mol. The van der Waals surface area contributed by atoms with Crippen LogP contribution < -0.4 is 0 Å². The monoisotopic (exact) mass is 358 g/mol. The molecule has 1 N–H and O–H groups in total. The van der Waals surface area contributed by atoms with Gasteiger partial charge in [0.15, 0.2) is 5.78 Å². The lowest BCUT2D eigenvalue weighted by Crippen LogP contribution is -2.46. The quantitative estimate of drug-likeness (QED) is 0.822. The summed E-state index contributed by atoms with van der Waals surface area (Å²) in [5.41, 5.74) is 0.523. The number of rotatable bonds is 5. The van der Waals surface area contributed by atoms with Gasteiger partial charge in [0.05, 0.1) is 6.54 Å². The molecule has 0 bridgehead atoms. The predicted molar refractivity (Wildman–Crippen MR) is 101 cm³/mol. The van der Waals surface area contributed by atoms with E-state index in [0.717, 1.165) is 25.9 Å². The summed E-state index contributed by atoms with van der Waals surface area (Å²) in [6, 6.07) is 6.90. The van der Waals surface area contributed by atoms with Gasteiger partial charge < -0.3 is 14.9 Å². The maximum Gasteiger partial charge on any atom is 0.225 e. The summed E-state index contributed by atoms with van der Waals surface area (Å²) < 4.78 is 0. The minimum Gasteiger partial charge on any atom is -0.508 e. The Bertz CT molecular complexity index is 615. The Morgan fingerprint density at radius 2 is 1.65 bits per heavy atom. The van der Waals surface area contributed by atoms with Crippen LogP contribution in [0.25, 0.3) is 0 Å². The van der Waals surface area contributed by atoms with Crippen LogP contribution in [0.15, 0.2) is 24.3 Å². The molecule has 1 aliphatic heterocycles. The molecule has 0 atom stereocenters. The van der Waals surface area contributed by atoms with Gasteiger partial charge in [-0.05, 0) is 63.0 Å². The number of aromatic hydroxyl groups is 1. The van der Waals surface area contributed by atoms with Crippen LogP contribution in [-0.4, -0.2) is 59.3 Å². The maximum atomic E-state index is 12.7. The first kappa shape index (κ1) is 18.9. The summed E-state index contributed by atoms with van der Waals surface area (Å²) in [5.74, 6) is 0.157. The third-order valence-electron chi connectivity index (χ3n) is 5.92. The van der Waals surface area contributed by atoms with Crippen LogP contribution in [0.5, 0.6) is 5.75 Å². The minimum atomic E-state index is -0.0968. The molecule has 5 heteroatoms. The van der Waals surface area contributed by atoms with Crippen LogP contribution in [0.3, 0.4) is 0 Å². The van der Waals surface area contributed by atoms with Gasteiger partial charge >= 0.3 is 0 Å². The second kappa shape index (κ2) is 8.67. The largest absolute Gasteiger partial charge is 0.508 e. The molecule has 1 aliphatic carbocycles. The Balaban J connectivity index is 1.48. The number of carbonyl (C=O) groups excluding carboxylic acids is 2. The molecule has 0 aromatic heterocycles. The molecule has 0 spiro atoms. The highest BCUT2D eigenvalue weighted by Gasteiger charge is 2.31. The summed E-state index contributed by atoms with van der Waals surface area (Å²) in [6.45, 7) is 2.09. The molecular weight excluding hydrogens is 328 g/mol. The number of benzene rings is 1. The highest BCUT2D eigenvalue weighted by Crippen LogP contribution is 2.27. The van der Waals surface area contributed by atoms with Gasteiger partial charge in [-0.25, -0.2) is 0 Å². The van der Waals surface area contributed by atoms with Gasteiger partial charge in [0.2, 0.25) is 5.91 Å². The van der Waals surface area contributed by atoms with E-state index >= 15 is 0 Å². The Kier molecular flexibility index (Phi) is 6.30. The number of likely N-dealkylation sites (N-methyl/N-ethyl adjacent to an activating group) is 1. The van der Waals surface area contributed by atoms with Gasteiger partial charge in [-0.1, -0.05) is 19.3 Å². The zero-order valence-corrected chi connectivity index (χ0v) is 15.7. The SMILES string of the molecule is CN(CC(=O)c1ccc(O)cc1)C(=O)C1CCN(C2CCCCC2)CC1. The molecule has 0 unspecified atom stereocenters. The van der Waals surface area contributed by atoms with E-state index in [4.69, 9.17) is 0 Å². The fourth-order valence-electron chi connectivity index (χ4n) is 4.30. The van der Waals surface area contributed by atoms with E-state index in [-0.39, 0.29) is 29.9 Å². The minimum absolute atomic E-state index is 0.0347. The number of carbonyl (C=O) groups is 2. The van der Waals surface area contributed by atoms with Crippen LogP contribution in [0, 0.1) is 5.92 Å². The number of phenolic OH excluding ortho intramolecular Hbond substituents is 1. The molecule has 142 valence electrons. The number of ketones is 1. The summed E-state index contributed by atoms with van der Waals surface area (Å²) >= 11 is 0. The highest BCUT2D eigenvalue weighted by molar-refractivity contribution is 5.99. The van der Waals surface area contributed by atoms with Crippen molar-refractivity contribution in [3.63, 3.8) is 0 Å². The van der Waals surface area contributed by atoms with Crippen molar-refractivity contribution in [1.29, 1.82) is 0 Å². The van der Waals surface area contributed by atoms with Gasteiger partial charge in [-0.15, -0.1) is 0 Å². The molecular formula is C21H30N2O3. The van der Waals surface area contributed by atoms with E-state index in [0.29, 0.717) is 11.6 Å². The maximum absolute atomic E-state index is 12.7. The fourth-order valence-corrected chi connectivity index (χ4v) is 4.30. The zero-order valence-electron chi connectivity index (χ0n) is 15.7. The Morgan fingerprint density at radius 1 is 1.04 bits per heavy atom. The van der Waals surface area contributed by atoms with Crippen molar-refractivity contribution in [2.75, 3.05) is 26.7 Å². The number of piperidine rings is 1. The highest BCUT2D eigenvalue weighted by atomic mass is 16.3. The number of hydrogen-bond acceptors (Lipinski definition) is 4. The first-order valence-corrected chi connectivity index (χ1v) is 9.86. The van der Waals surface area contributed by atoms with Crippen LogP contribution in [-0.2, 0) is 4.79 Å². The summed E-state index contributed by atoms with van der Waals surface area (Å²) in [7, 11) is 1.72. The van der Waals surface area contributed by atoms with E-state index < -0.39 is 0 Å². The van der Waals surface area contributed by atoms with Crippen LogP contribution in [0.2, 0.25) is 0 Å².